The van der Waals surface area contributed by atoms with Crippen LogP contribution in [0.25, 0.3) is 5.65 Å². The summed E-state index contributed by atoms with van der Waals surface area (Å²) in [5.74, 6) is 0.151. The van der Waals surface area contributed by atoms with Gasteiger partial charge in [-0.05, 0) is 55.2 Å². The predicted molar refractivity (Wildman–Crippen MR) is 102 cm³/mol. The van der Waals surface area contributed by atoms with E-state index in [1.807, 2.05) is 29.7 Å². The Labute approximate surface area is 165 Å². The highest BCUT2D eigenvalue weighted by molar-refractivity contribution is 6.10. The summed E-state index contributed by atoms with van der Waals surface area (Å²) in [5.41, 5.74) is 3.78. The number of imidazole rings is 1. The molecular formula is C21H19F2N3O3. The SMILES string of the molecule is CCCCc1c(N2Cc3cc4c(cc3C2=O)OC(F)(F)O4)nc2cc(C)ccn12. The van der Waals surface area contributed by atoms with Gasteiger partial charge in [0, 0.05) is 11.8 Å². The molecule has 0 saturated heterocycles. The van der Waals surface area contributed by atoms with Gasteiger partial charge in [-0.1, -0.05) is 13.3 Å². The molecule has 0 unspecified atom stereocenters. The van der Waals surface area contributed by atoms with Crippen molar-refractivity contribution in [2.75, 3.05) is 4.90 Å². The largest absolute Gasteiger partial charge is 0.586 e. The Hall–Kier alpha value is -3.16. The monoisotopic (exact) mass is 399 g/mol. The van der Waals surface area contributed by atoms with Crippen LogP contribution in [-0.2, 0) is 13.0 Å². The van der Waals surface area contributed by atoms with Crippen LogP contribution < -0.4 is 14.4 Å². The summed E-state index contributed by atoms with van der Waals surface area (Å²) in [5, 5.41) is 0. The van der Waals surface area contributed by atoms with Gasteiger partial charge in [0.15, 0.2) is 17.3 Å². The zero-order chi connectivity index (χ0) is 20.3. The van der Waals surface area contributed by atoms with E-state index in [-0.39, 0.29) is 24.0 Å². The number of nitrogens with zero attached hydrogens (tertiary/aromatic N) is 3. The van der Waals surface area contributed by atoms with E-state index in [4.69, 9.17) is 4.98 Å². The van der Waals surface area contributed by atoms with Crippen LogP contribution in [0.5, 0.6) is 11.5 Å². The van der Waals surface area contributed by atoms with E-state index in [0.717, 1.165) is 36.2 Å². The second kappa shape index (κ2) is 6.17. The molecule has 3 aromatic rings. The molecule has 2 aliphatic heterocycles. The van der Waals surface area contributed by atoms with Crippen LogP contribution in [0.4, 0.5) is 14.6 Å². The number of ether oxygens (including phenoxy) is 2. The maximum atomic E-state index is 13.3. The van der Waals surface area contributed by atoms with Crippen LogP contribution in [0.1, 0.15) is 46.9 Å². The minimum absolute atomic E-state index is 0.0553. The number of pyridine rings is 1. The highest BCUT2D eigenvalue weighted by Gasteiger charge is 2.45. The number of aromatic nitrogens is 2. The van der Waals surface area contributed by atoms with Gasteiger partial charge in [-0.15, -0.1) is 8.78 Å². The first-order valence-electron chi connectivity index (χ1n) is 9.58. The number of benzene rings is 1. The molecule has 6 nitrogen and oxygen atoms in total. The maximum Gasteiger partial charge on any atom is 0.586 e. The lowest BCUT2D eigenvalue weighted by molar-refractivity contribution is -0.286. The molecule has 150 valence electrons. The molecule has 0 fully saturated rings. The van der Waals surface area contributed by atoms with Crippen LogP contribution in [0.2, 0.25) is 0 Å². The molecule has 0 bridgehead atoms. The van der Waals surface area contributed by atoms with E-state index in [2.05, 4.69) is 16.4 Å². The van der Waals surface area contributed by atoms with Gasteiger partial charge >= 0.3 is 6.29 Å². The summed E-state index contributed by atoms with van der Waals surface area (Å²) in [6.45, 7) is 4.35. The van der Waals surface area contributed by atoms with Crippen molar-refractivity contribution in [2.45, 2.75) is 45.9 Å². The van der Waals surface area contributed by atoms with E-state index in [1.165, 1.54) is 12.1 Å². The number of aryl methyl sites for hydroxylation is 2. The third-order valence-corrected chi connectivity index (χ3v) is 5.31. The quantitative estimate of drug-likeness (QED) is 0.650. The zero-order valence-corrected chi connectivity index (χ0v) is 16.0. The number of amides is 1. The number of halogens is 2. The Morgan fingerprint density at radius 3 is 2.72 bits per heavy atom. The molecule has 0 saturated carbocycles. The lowest BCUT2D eigenvalue weighted by Gasteiger charge is -2.15. The number of fused-ring (bicyclic) bond motifs is 3. The van der Waals surface area contributed by atoms with Crippen LogP contribution in [0.15, 0.2) is 30.5 Å². The van der Waals surface area contributed by atoms with Crippen molar-refractivity contribution in [3.05, 3.63) is 52.8 Å². The molecule has 29 heavy (non-hydrogen) atoms. The molecule has 0 radical (unpaired) electrons. The van der Waals surface area contributed by atoms with Gasteiger partial charge in [0.25, 0.3) is 5.91 Å². The first-order valence-corrected chi connectivity index (χ1v) is 9.58. The number of hydrogen-bond acceptors (Lipinski definition) is 4. The number of carbonyl (C=O) groups is 1. The van der Waals surface area contributed by atoms with Gasteiger partial charge in [0.05, 0.1) is 12.2 Å². The van der Waals surface area contributed by atoms with Crippen molar-refractivity contribution in [3.63, 3.8) is 0 Å². The summed E-state index contributed by atoms with van der Waals surface area (Å²) in [7, 11) is 0. The van der Waals surface area contributed by atoms with Crippen molar-refractivity contribution in [1.29, 1.82) is 0 Å². The summed E-state index contributed by atoms with van der Waals surface area (Å²) >= 11 is 0. The number of anilines is 1. The third kappa shape index (κ3) is 2.82. The molecule has 5 rings (SSSR count). The van der Waals surface area contributed by atoms with Gasteiger partial charge in [0.1, 0.15) is 5.65 Å². The predicted octanol–water partition coefficient (Wildman–Crippen LogP) is 4.47. The Morgan fingerprint density at radius 1 is 1.21 bits per heavy atom. The Bertz CT molecular complexity index is 1160. The Balaban J connectivity index is 1.56. The number of alkyl halides is 2. The minimum atomic E-state index is -3.70. The van der Waals surface area contributed by atoms with Gasteiger partial charge in [-0.3, -0.25) is 9.69 Å². The van der Waals surface area contributed by atoms with Crippen LogP contribution in [-0.4, -0.2) is 21.6 Å². The first-order chi connectivity index (χ1) is 13.9. The number of rotatable bonds is 4. The Kier molecular flexibility index (Phi) is 3.81. The summed E-state index contributed by atoms with van der Waals surface area (Å²) in [4.78, 5) is 19.5. The molecule has 4 heterocycles. The number of hydrogen-bond donors (Lipinski definition) is 0. The molecular weight excluding hydrogens is 380 g/mol. The fraction of sp³-hybridized carbons (Fsp3) is 0.333. The molecule has 2 aromatic heterocycles. The molecule has 2 aliphatic rings. The normalized spacial score (nSPS) is 16.7. The molecule has 1 amide bonds. The van der Waals surface area contributed by atoms with Gasteiger partial charge in [-0.2, -0.15) is 0 Å². The standard InChI is InChI=1S/C21H19F2N3O3/c1-3-4-5-15-19(24-18-8-12(2)6-7-25(15)18)26-11-13-9-16-17(10-14(13)20(26)27)29-21(22,23)28-16/h6-10H,3-5,11H2,1-2H3. The highest BCUT2D eigenvalue weighted by Crippen LogP contribution is 2.45. The van der Waals surface area contributed by atoms with Gasteiger partial charge in [0.2, 0.25) is 0 Å². The van der Waals surface area contributed by atoms with E-state index in [1.54, 1.807) is 4.90 Å². The lowest BCUT2D eigenvalue weighted by Crippen LogP contribution is -2.26. The summed E-state index contributed by atoms with van der Waals surface area (Å²) in [6, 6.07) is 6.77. The van der Waals surface area contributed by atoms with Crippen molar-refractivity contribution in [3.8, 4) is 11.5 Å². The summed E-state index contributed by atoms with van der Waals surface area (Å²) in [6.07, 6.45) is 1.03. The van der Waals surface area contributed by atoms with Crippen molar-refractivity contribution >= 4 is 17.4 Å². The van der Waals surface area contributed by atoms with E-state index in [9.17, 15) is 13.6 Å². The smallest absolute Gasteiger partial charge is 0.395 e. The molecule has 0 N–H and O–H groups in total. The van der Waals surface area contributed by atoms with Crippen molar-refractivity contribution in [2.24, 2.45) is 0 Å². The van der Waals surface area contributed by atoms with E-state index in [0.29, 0.717) is 16.9 Å². The molecule has 8 heteroatoms. The van der Waals surface area contributed by atoms with Gasteiger partial charge < -0.3 is 13.9 Å². The molecule has 0 aliphatic carbocycles. The van der Waals surface area contributed by atoms with Crippen molar-refractivity contribution in [1.82, 2.24) is 9.38 Å². The highest BCUT2D eigenvalue weighted by atomic mass is 19.3. The topological polar surface area (TPSA) is 56.1 Å². The average Bonchev–Trinajstić information content (AvgIpc) is 3.27. The Morgan fingerprint density at radius 2 is 1.97 bits per heavy atom. The molecule has 1 aromatic carbocycles. The fourth-order valence-corrected chi connectivity index (χ4v) is 3.90. The average molecular weight is 399 g/mol. The molecule has 0 spiro atoms. The zero-order valence-electron chi connectivity index (χ0n) is 16.0. The van der Waals surface area contributed by atoms with E-state index >= 15 is 0 Å². The number of carbonyl (C=O) groups excluding carboxylic acids is 1. The molecule has 0 atom stereocenters. The second-order valence-electron chi connectivity index (χ2n) is 7.43. The van der Waals surface area contributed by atoms with Crippen LogP contribution in [0.3, 0.4) is 0 Å². The lowest BCUT2D eigenvalue weighted by atomic mass is 10.1. The first kappa shape index (κ1) is 17.9. The number of unbranched alkanes of at least 4 members (excludes halogenated alkanes) is 1. The van der Waals surface area contributed by atoms with Crippen LogP contribution in [0, 0.1) is 6.92 Å². The van der Waals surface area contributed by atoms with E-state index < -0.39 is 6.29 Å². The third-order valence-electron chi connectivity index (χ3n) is 5.31. The van der Waals surface area contributed by atoms with Gasteiger partial charge in [-0.25, -0.2) is 4.98 Å². The minimum Gasteiger partial charge on any atom is -0.395 e. The maximum absolute atomic E-state index is 13.3. The van der Waals surface area contributed by atoms with Crippen molar-refractivity contribution < 1.29 is 23.0 Å². The second-order valence-corrected chi connectivity index (χ2v) is 7.43. The van der Waals surface area contributed by atoms with Crippen LogP contribution >= 0.6 is 0 Å². The fourth-order valence-electron chi connectivity index (χ4n) is 3.90. The summed E-state index contributed by atoms with van der Waals surface area (Å²) < 4.78 is 37.7.